The molecule has 2 aromatic carbocycles. The lowest BCUT2D eigenvalue weighted by molar-refractivity contribution is -0.137. The Morgan fingerprint density at radius 1 is 1.04 bits per heavy atom. The SMILES string of the molecule is CC[C@H](NC(=S)Nc1ccc(C(F)(F)F)cc1)c1ccc(C)cc1. The fourth-order valence-corrected chi connectivity index (χ4v) is 2.55. The van der Waals surface area contributed by atoms with Crippen molar-refractivity contribution in [2.45, 2.75) is 32.5 Å². The van der Waals surface area contributed by atoms with Gasteiger partial charge in [-0.25, -0.2) is 0 Å². The van der Waals surface area contributed by atoms with Crippen molar-refractivity contribution in [2.24, 2.45) is 0 Å². The zero-order chi connectivity index (χ0) is 17.7. The number of hydrogen-bond acceptors (Lipinski definition) is 1. The van der Waals surface area contributed by atoms with E-state index in [-0.39, 0.29) is 6.04 Å². The molecule has 0 fully saturated rings. The summed E-state index contributed by atoms with van der Waals surface area (Å²) in [6.45, 7) is 4.06. The highest BCUT2D eigenvalue weighted by atomic mass is 32.1. The minimum absolute atomic E-state index is 0.0417. The zero-order valence-corrected chi connectivity index (χ0v) is 14.3. The molecule has 24 heavy (non-hydrogen) atoms. The number of hydrogen-bond donors (Lipinski definition) is 2. The van der Waals surface area contributed by atoms with E-state index in [1.165, 1.54) is 17.7 Å². The Hall–Kier alpha value is -2.08. The third kappa shape index (κ3) is 4.96. The molecule has 2 N–H and O–H groups in total. The molecule has 1 atom stereocenters. The molecule has 0 unspecified atom stereocenters. The van der Waals surface area contributed by atoms with E-state index in [1.807, 2.05) is 38.1 Å². The molecule has 2 aromatic rings. The van der Waals surface area contributed by atoms with Gasteiger partial charge in [0.1, 0.15) is 0 Å². The van der Waals surface area contributed by atoms with Gasteiger partial charge >= 0.3 is 6.18 Å². The van der Waals surface area contributed by atoms with Crippen LogP contribution >= 0.6 is 12.2 Å². The van der Waals surface area contributed by atoms with Crippen LogP contribution in [-0.2, 0) is 6.18 Å². The highest BCUT2D eigenvalue weighted by Crippen LogP contribution is 2.29. The van der Waals surface area contributed by atoms with Crippen molar-refractivity contribution >= 4 is 23.0 Å². The fourth-order valence-electron chi connectivity index (χ4n) is 2.29. The van der Waals surface area contributed by atoms with Crippen LogP contribution in [0, 0.1) is 6.92 Å². The van der Waals surface area contributed by atoms with Crippen molar-refractivity contribution < 1.29 is 13.2 Å². The Balaban J connectivity index is 2.00. The van der Waals surface area contributed by atoms with E-state index in [9.17, 15) is 13.2 Å². The van der Waals surface area contributed by atoms with E-state index in [1.54, 1.807) is 0 Å². The van der Waals surface area contributed by atoms with Crippen LogP contribution < -0.4 is 10.6 Å². The van der Waals surface area contributed by atoms with Crippen LogP contribution in [0.1, 0.15) is 36.1 Å². The first-order valence-corrected chi connectivity index (χ1v) is 8.01. The number of halogens is 3. The summed E-state index contributed by atoms with van der Waals surface area (Å²) in [5.41, 5.74) is 2.12. The maximum Gasteiger partial charge on any atom is 0.416 e. The van der Waals surface area contributed by atoms with Gasteiger partial charge in [0, 0.05) is 5.69 Å². The van der Waals surface area contributed by atoms with Crippen LogP contribution in [0.2, 0.25) is 0 Å². The fraction of sp³-hybridized carbons (Fsp3) is 0.278. The van der Waals surface area contributed by atoms with Crippen LogP contribution in [0.4, 0.5) is 18.9 Å². The number of anilines is 1. The van der Waals surface area contributed by atoms with Gasteiger partial charge in [0.2, 0.25) is 0 Å². The summed E-state index contributed by atoms with van der Waals surface area (Å²) >= 11 is 5.27. The third-order valence-corrected chi connectivity index (χ3v) is 3.88. The summed E-state index contributed by atoms with van der Waals surface area (Å²) in [6.07, 6.45) is -3.51. The minimum atomic E-state index is -4.34. The van der Waals surface area contributed by atoms with Gasteiger partial charge in [-0.1, -0.05) is 36.8 Å². The number of thiocarbonyl (C=S) groups is 1. The lowest BCUT2D eigenvalue weighted by atomic mass is 10.0. The van der Waals surface area contributed by atoms with Crippen LogP contribution in [0.15, 0.2) is 48.5 Å². The molecule has 0 heterocycles. The van der Waals surface area contributed by atoms with E-state index in [0.717, 1.165) is 24.1 Å². The zero-order valence-electron chi connectivity index (χ0n) is 13.4. The normalized spacial score (nSPS) is 12.5. The lowest BCUT2D eigenvalue weighted by Gasteiger charge is -2.20. The van der Waals surface area contributed by atoms with Crippen molar-refractivity contribution in [2.75, 3.05) is 5.32 Å². The maximum absolute atomic E-state index is 12.6. The molecule has 0 spiro atoms. The Labute approximate surface area is 145 Å². The molecule has 0 saturated carbocycles. The van der Waals surface area contributed by atoms with Crippen molar-refractivity contribution in [3.05, 3.63) is 65.2 Å². The van der Waals surface area contributed by atoms with E-state index in [0.29, 0.717) is 10.8 Å². The molecular formula is C18H19F3N2S. The summed E-state index contributed by atoms with van der Waals surface area (Å²) < 4.78 is 37.7. The standard InChI is InChI=1S/C18H19F3N2S/c1-3-16(13-6-4-12(2)5-7-13)23-17(24)22-15-10-8-14(9-11-15)18(19,20)21/h4-11,16H,3H2,1-2H3,(H2,22,23,24)/t16-/m0/s1. The second-order valence-electron chi connectivity index (χ2n) is 5.55. The minimum Gasteiger partial charge on any atom is -0.356 e. The van der Waals surface area contributed by atoms with Gasteiger partial charge in [-0.05, 0) is 55.4 Å². The van der Waals surface area contributed by atoms with E-state index >= 15 is 0 Å². The molecule has 0 bridgehead atoms. The molecule has 2 nitrogen and oxygen atoms in total. The number of aryl methyl sites for hydroxylation is 1. The van der Waals surface area contributed by atoms with Gasteiger partial charge in [-0.2, -0.15) is 13.2 Å². The second-order valence-corrected chi connectivity index (χ2v) is 5.95. The van der Waals surface area contributed by atoms with Crippen molar-refractivity contribution in [1.82, 2.24) is 5.32 Å². The number of alkyl halides is 3. The molecule has 6 heteroatoms. The topological polar surface area (TPSA) is 24.1 Å². The van der Waals surface area contributed by atoms with E-state index < -0.39 is 11.7 Å². The largest absolute Gasteiger partial charge is 0.416 e. The van der Waals surface area contributed by atoms with Gasteiger partial charge in [-0.3, -0.25) is 0 Å². The van der Waals surface area contributed by atoms with Crippen molar-refractivity contribution in [3.63, 3.8) is 0 Å². The predicted octanol–water partition coefficient (Wildman–Crippen LogP) is 5.45. The van der Waals surface area contributed by atoms with E-state index in [4.69, 9.17) is 12.2 Å². The Morgan fingerprint density at radius 2 is 1.62 bits per heavy atom. The third-order valence-electron chi connectivity index (χ3n) is 3.66. The highest BCUT2D eigenvalue weighted by molar-refractivity contribution is 7.80. The molecule has 0 aliphatic rings. The first-order chi connectivity index (χ1) is 11.3. The number of rotatable bonds is 4. The van der Waals surface area contributed by atoms with E-state index in [2.05, 4.69) is 10.6 Å². The summed E-state index contributed by atoms with van der Waals surface area (Å²) in [5.74, 6) is 0. The molecule has 0 saturated heterocycles. The van der Waals surface area contributed by atoms with Crippen LogP contribution in [0.3, 0.4) is 0 Å². The first kappa shape index (κ1) is 18.3. The Kier molecular flexibility index (Phi) is 5.83. The Bertz CT molecular complexity index is 679. The number of benzene rings is 2. The molecular weight excluding hydrogens is 333 g/mol. The molecule has 0 radical (unpaired) electrons. The summed E-state index contributed by atoms with van der Waals surface area (Å²) in [7, 11) is 0. The number of nitrogens with one attached hydrogen (secondary N) is 2. The quantitative estimate of drug-likeness (QED) is 0.715. The Morgan fingerprint density at radius 3 is 2.12 bits per heavy atom. The summed E-state index contributed by atoms with van der Waals surface area (Å²) in [4.78, 5) is 0. The van der Waals surface area contributed by atoms with Gasteiger partial charge in [-0.15, -0.1) is 0 Å². The molecule has 0 aliphatic carbocycles. The van der Waals surface area contributed by atoms with Gasteiger partial charge < -0.3 is 10.6 Å². The lowest BCUT2D eigenvalue weighted by Crippen LogP contribution is -2.32. The average molecular weight is 352 g/mol. The monoisotopic (exact) mass is 352 g/mol. The van der Waals surface area contributed by atoms with Crippen LogP contribution in [0.5, 0.6) is 0 Å². The predicted molar refractivity (Wildman–Crippen MR) is 95.0 cm³/mol. The molecule has 0 aromatic heterocycles. The first-order valence-electron chi connectivity index (χ1n) is 7.61. The van der Waals surface area contributed by atoms with Crippen molar-refractivity contribution in [3.8, 4) is 0 Å². The smallest absolute Gasteiger partial charge is 0.356 e. The van der Waals surface area contributed by atoms with Gasteiger partial charge in [0.25, 0.3) is 0 Å². The van der Waals surface area contributed by atoms with Gasteiger partial charge in [0.05, 0.1) is 11.6 Å². The highest BCUT2D eigenvalue weighted by Gasteiger charge is 2.29. The molecule has 0 amide bonds. The van der Waals surface area contributed by atoms with Crippen LogP contribution in [-0.4, -0.2) is 5.11 Å². The molecule has 2 rings (SSSR count). The summed E-state index contributed by atoms with van der Waals surface area (Å²) in [6, 6.07) is 13.0. The summed E-state index contributed by atoms with van der Waals surface area (Å²) in [5, 5.41) is 6.49. The maximum atomic E-state index is 12.6. The van der Waals surface area contributed by atoms with Gasteiger partial charge in [0.15, 0.2) is 5.11 Å². The average Bonchev–Trinajstić information content (AvgIpc) is 2.53. The molecule has 0 aliphatic heterocycles. The van der Waals surface area contributed by atoms with Crippen molar-refractivity contribution in [1.29, 1.82) is 0 Å². The second kappa shape index (κ2) is 7.66. The molecule has 128 valence electrons. The van der Waals surface area contributed by atoms with Crippen LogP contribution in [0.25, 0.3) is 0 Å².